The Bertz CT molecular complexity index is 172. The molecule has 6 nitrogen and oxygen atoms in total. The van der Waals surface area contributed by atoms with Crippen molar-refractivity contribution in [2.24, 2.45) is 16.6 Å². The topological polar surface area (TPSA) is 106 Å². The van der Waals surface area contributed by atoms with Gasteiger partial charge in [0, 0.05) is 20.0 Å². The quantitative estimate of drug-likeness (QED) is 0.152. The SMILES string of the molecule is CC(=O)NCCCN=C(N)NN.Cl. The lowest BCUT2D eigenvalue weighted by atomic mass is 10.4. The van der Waals surface area contributed by atoms with Crippen LogP contribution in [-0.2, 0) is 4.79 Å². The van der Waals surface area contributed by atoms with Crippen molar-refractivity contribution in [3.8, 4) is 0 Å². The fourth-order valence-corrected chi connectivity index (χ4v) is 0.589. The zero-order chi connectivity index (χ0) is 9.40. The number of nitrogens with two attached hydrogens (primary N) is 2. The summed E-state index contributed by atoms with van der Waals surface area (Å²) in [6.45, 7) is 2.63. The molecule has 0 aliphatic carbocycles. The second-order valence-corrected chi connectivity index (χ2v) is 2.25. The van der Waals surface area contributed by atoms with E-state index in [4.69, 9.17) is 11.6 Å². The summed E-state index contributed by atoms with van der Waals surface area (Å²) >= 11 is 0. The number of hydrazine groups is 1. The molecule has 0 saturated carbocycles. The summed E-state index contributed by atoms with van der Waals surface area (Å²) in [5, 5.41) is 2.64. The van der Waals surface area contributed by atoms with E-state index in [-0.39, 0.29) is 24.3 Å². The number of guanidine groups is 1. The van der Waals surface area contributed by atoms with E-state index in [1.807, 2.05) is 0 Å². The Morgan fingerprint density at radius 2 is 2.15 bits per heavy atom. The molecule has 0 bridgehead atoms. The van der Waals surface area contributed by atoms with Gasteiger partial charge in [0.25, 0.3) is 0 Å². The third kappa shape index (κ3) is 11.0. The van der Waals surface area contributed by atoms with E-state index in [2.05, 4.69) is 15.7 Å². The lowest BCUT2D eigenvalue weighted by molar-refractivity contribution is -0.118. The van der Waals surface area contributed by atoms with E-state index in [1.165, 1.54) is 6.92 Å². The largest absolute Gasteiger partial charge is 0.369 e. The van der Waals surface area contributed by atoms with Crippen LogP contribution in [0, 0.1) is 0 Å². The summed E-state index contributed by atoms with van der Waals surface area (Å²) in [4.78, 5) is 14.2. The number of amides is 1. The molecule has 0 unspecified atom stereocenters. The number of rotatable bonds is 4. The van der Waals surface area contributed by atoms with Crippen LogP contribution in [0.2, 0.25) is 0 Å². The number of nitrogens with zero attached hydrogens (tertiary/aromatic N) is 1. The van der Waals surface area contributed by atoms with Crippen molar-refractivity contribution in [1.29, 1.82) is 0 Å². The lowest BCUT2D eigenvalue weighted by Gasteiger charge is -2.00. The predicted molar refractivity (Wildman–Crippen MR) is 54.4 cm³/mol. The second kappa shape index (κ2) is 9.08. The first kappa shape index (κ1) is 14.5. The summed E-state index contributed by atoms with van der Waals surface area (Å²) in [5.41, 5.74) is 7.45. The van der Waals surface area contributed by atoms with Crippen LogP contribution in [0.15, 0.2) is 4.99 Å². The Balaban J connectivity index is 0. The number of carbonyl (C=O) groups is 1. The molecule has 13 heavy (non-hydrogen) atoms. The van der Waals surface area contributed by atoms with Crippen LogP contribution >= 0.6 is 12.4 Å². The second-order valence-electron chi connectivity index (χ2n) is 2.25. The summed E-state index contributed by atoms with van der Waals surface area (Å²) in [5.74, 6) is 5.13. The van der Waals surface area contributed by atoms with Crippen LogP contribution < -0.4 is 22.3 Å². The fraction of sp³-hybridized carbons (Fsp3) is 0.667. The maximum absolute atomic E-state index is 10.4. The first-order chi connectivity index (χ1) is 5.66. The van der Waals surface area contributed by atoms with Gasteiger partial charge in [0.15, 0.2) is 0 Å². The standard InChI is InChI=1S/C6H15N5O.ClH/c1-5(12)9-3-2-4-10-6(7)11-8;/h2-4,8H2,1H3,(H,9,12)(H3,7,10,11);1H. The molecule has 1 amide bonds. The molecular formula is C6H16ClN5O. The molecule has 0 aliphatic rings. The van der Waals surface area contributed by atoms with Gasteiger partial charge in [0.05, 0.1) is 0 Å². The molecule has 0 atom stereocenters. The number of aliphatic imine (C=N–C) groups is 1. The number of halogens is 1. The van der Waals surface area contributed by atoms with Gasteiger partial charge >= 0.3 is 0 Å². The van der Waals surface area contributed by atoms with E-state index < -0.39 is 0 Å². The van der Waals surface area contributed by atoms with Crippen molar-refractivity contribution >= 4 is 24.3 Å². The fourth-order valence-electron chi connectivity index (χ4n) is 0.589. The van der Waals surface area contributed by atoms with Gasteiger partial charge in [0.1, 0.15) is 0 Å². The van der Waals surface area contributed by atoms with Gasteiger partial charge in [0.2, 0.25) is 11.9 Å². The van der Waals surface area contributed by atoms with Crippen LogP contribution in [0.4, 0.5) is 0 Å². The molecule has 78 valence electrons. The lowest BCUT2D eigenvalue weighted by Crippen LogP contribution is -2.37. The monoisotopic (exact) mass is 209 g/mol. The van der Waals surface area contributed by atoms with Gasteiger partial charge in [-0.05, 0) is 6.42 Å². The van der Waals surface area contributed by atoms with Crippen molar-refractivity contribution in [2.45, 2.75) is 13.3 Å². The molecule has 0 rings (SSSR count). The average molecular weight is 210 g/mol. The predicted octanol–water partition coefficient (Wildman–Crippen LogP) is -1.29. The van der Waals surface area contributed by atoms with Crippen LogP contribution in [-0.4, -0.2) is 25.0 Å². The van der Waals surface area contributed by atoms with Crippen LogP contribution in [0.1, 0.15) is 13.3 Å². The first-order valence-electron chi connectivity index (χ1n) is 3.67. The van der Waals surface area contributed by atoms with E-state index in [1.54, 1.807) is 0 Å². The van der Waals surface area contributed by atoms with Crippen molar-refractivity contribution < 1.29 is 4.79 Å². The van der Waals surface area contributed by atoms with Gasteiger partial charge in [-0.3, -0.25) is 15.2 Å². The van der Waals surface area contributed by atoms with E-state index in [0.29, 0.717) is 13.1 Å². The van der Waals surface area contributed by atoms with Crippen molar-refractivity contribution in [1.82, 2.24) is 10.7 Å². The Hall–Kier alpha value is -1.01. The van der Waals surface area contributed by atoms with Crippen LogP contribution in [0.25, 0.3) is 0 Å². The summed E-state index contributed by atoms with van der Waals surface area (Å²) < 4.78 is 0. The number of nitrogens with one attached hydrogen (secondary N) is 2. The van der Waals surface area contributed by atoms with Gasteiger partial charge in [-0.2, -0.15) is 0 Å². The molecule has 0 radical (unpaired) electrons. The Kier molecular flexibility index (Phi) is 10.1. The van der Waals surface area contributed by atoms with E-state index >= 15 is 0 Å². The van der Waals surface area contributed by atoms with Crippen LogP contribution in [0.3, 0.4) is 0 Å². The zero-order valence-electron chi connectivity index (χ0n) is 7.54. The highest BCUT2D eigenvalue weighted by atomic mass is 35.5. The highest BCUT2D eigenvalue weighted by Gasteiger charge is 1.89. The maximum atomic E-state index is 10.4. The molecule has 0 fully saturated rings. The first-order valence-corrected chi connectivity index (χ1v) is 3.67. The number of hydrogen-bond donors (Lipinski definition) is 4. The molecule has 0 aliphatic heterocycles. The molecule has 0 saturated heterocycles. The van der Waals surface area contributed by atoms with Crippen LogP contribution in [0.5, 0.6) is 0 Å². The van der Waals surface area contributed by atoms with E-state index in [9.17, 15) is 4.79 Å². The number of hydrogen-bond acceptors (Lipinski definition) is 3. The molecule has 0 aromatic rings. The Morgan fingerprint density at radius 3 is 2.62 bits per heavy atom. The minimum atomic E-state index is -0.0381. The van der Waals surface area contributed by atoms with Crippen molar-refractivity contribution in [3.63, 3.8) is 0 Å². The summed E-state index contributed by atoms with van der Waals surface area (Å²) in [7, 11) is 0. The molecule has 0 aromatic carbocycles. The average Bonchev–Trinajstić information content (AvgIpc) is 2.03. The molecule has 0 heterocycles. The highest BCUT2D eigenvalue weighted by Crippen LogP contribution is 1.78. The minimum Gasteiger partial charge on any atom is -0.369 e. The van der Waals surface area contributed by atoms with Gasteiger partial charge in [-0.1, -0.05) is 0 Å². The minimum absolute atomic E-state index is 0. The zero-order valence-corrected chi connectivity index (χ0v) is 8.36. The third-order valence-electron chi connectivity index (χ3n) is 1.14. The van der Waals surface area contributed by atoms with Crippen molar-refractivity contribution in [3.05, 3.63) is 0 Å². The third-order valence-corrected chi connectivity index (χ3v) is 1.14. The summed E-state index contributed by atoms with van der Waals surface area (Å²) in [6, 6.07) is 0. The molecule has 0 spiro atoms. The van der Waals surface area contributed by atoms with Gasteiger partial charge in [-0.15, -0.1) is 12.4 Å². The van der Waals surface area contributed by atoms with Crippen molar-refractivity contribution in [2.75, 3.05) is 13.1 Å². The molecule has 7 heteroatoms. The normalized spacial score (nSPS) is 10.2. The Labute approximate surface area is 83.5 Å². The Morgan fingerprint density at radius 1 is 1.54 bits per heavy atom. The maximum Gasteiger partial charge on any atom is 0.216 e. The molecular weight excluding hydrogens is 194 g/mol. The summed E-state index contributed by atoms with van der Waals surface area (Å²) in [6.07, 6.45) is 0.752. The smallest absolute Gasteiger partial charge is 0.216 e. The number of carbonyl (C=O) groups excluding carboxylic acids is 1. The van der Waals surface area contributed by atoms with Gasteiger partial charge < -0.3 is 11.1 Å². The molecule has 6 N–H and O–H groups in total. The van der Waals surface area contributed by atoms with E-state index in [0.717, 1.165) is 6.42 Å². The molecule has 0 aromatic heterocycles. The highest BCUT2D eigenvalue weighted by molar-refractivity contribution is 5.85. The van der Waals surface area contributed by atoms with Gasteiger partial charge in [-0.25, -0.2) is 5.84 Å².